The maximum absolute atomic E-state index is 13.5. The highest BCUT2D eigenvalue weighted by Crippen LogP contribution is 2.44. The third-order valence-electron chi connectivity index (χ3n) is 6.51. The first-order valence-electron chi connectivity index (χ1n) is 11.7. The van der Waals surface area contributed by atoms with Crippen molar-refractivity contribution in [2.45, 2.75) is 39.7 Å². The monoisotopic (exact) mass is 560 g/mol. The van der Waals surface area contributed by atoms with E-state index in [4.69, 9.17) is 4.98 Å². The van der Waals surface area contributed by atoms with Crippen molar-refractivity contribution >= 4 is 60.1 Å². The van der Waals surface area contributed by atoms with Crippen molar-refractivity contribution in [3.05, 3.63) is 98.5 Å². The predicted molar refractivity (Wildman–Crippen MR) is 149 cm³/mol. The maximum Gasteiger partial charge on any atom is 0.301 e. The van der Waals surface area contributed by atoms with Gasteiger partial charge < -0.3 is 5.11 Å². The second kappa shape index (κ2) is 9.30. The number of halogens is 1. The molecule has 0 radical (unpaired) electrons. The van der Waals surface area contributed by atoms with Crippen LogP contribution in [0.4, 0.5) is 5.13 Å². The summed E-state index contributed by atoms with van der Waals surface area (Å²) >= 11 is 4.86. The lowest BCUT2D eigenvalue weighted by Crippen LogP contribution is -2.29. The summed E-state index contributed by atoms with van der Waals surface area (Å²) in [6.45, 7) is 8.12. The number of nitrogens with zero attached hydrogens (tertiary/aromatic N) is 2. The molecule has 1 atom stereocenters. The number of carbonyl (C=O) groups excluding carboxylic acids is 2. The maximum atomic E-state index is 13.5. The molecule has 1 amide bonds. The molecule has 1 unspecified atom stereocenters. The van der Waals surface area contributed by atoms with Gasteiger partial charge in [-0.2, -0.15) is 0 Å². The van der Waals surface area contributed by atoms with E-state index in [0.717, 1.165) is 31.4 Å². The van der Waals surface area contributed by atoms with Gasteiger partial charge in [-0.1, -0.05) is 83.1 Å². The summed E-state index contributed by atoms with van der Waals surface area (Å²) in [5.41, 5.74) is 5.14. The molecule has 5 nitrogen and oxygen atoms in total. The molecule has 5 rings (SSSR count). The Kier molecular flexibility index (Phi) is 6.30. The van der Waals surface area contributed by atoms with Crippen molar-refractivity contribution < 1.29 is 14.7 Å². The quantitative estimate of drug-likeness (QED) is 0.160. The van der Waals surface area contributed by atoms with E-state index in [1.807, 2.05) is 56.3 Å². The van der Waals surface area contributed by atoms with Gasteiger partial charge in [0.05, 0.1) is 21.8 Å². The molecule has 4 aromatic rings. The lowest BCUT2D eigenvalue weighted by atomic mass is 9.94. The summed E-state index contributed by atoms with van der Waals surface area (Å²) < 4.78 is 1.84. The molecule has 3 aromatic carbocycles. The number of Topliss-reactive ketones (excluding diaryl/α,β-unsaturated/α-hetero) is 1. The largest absolute Gasteiger partial charge is 0.507 e. The van der Waals surface area contributed by atoms with Crippen LogP contribution in [0.5, 0.6) is 0 Å². The zero-order valence-electron chi connectivity index (χ0n) is 20.4. The Labute approximate surface area is 222 Å². The first-order chi connectivity index (χ1) is 17.2. The number of aromatic nitrogens is 1. The third-order valence-corrected chi connectivity index (χ3v) is 8.41. The highest BCUT2D eigenvalue weighted by atomic mass is 79.9. The molecule has 0 bridgehead atoms. The van der Waals surface area contributed by atoms with Crippen molar-refractivity contribution in [2.24, 2.45) is 0 Å². The van der Waals surface area contributed by atoms with Crippen LogP contribution in [0.2, 0.25) is 0 Å². The number of aliphatic hydroxyl groups excluding tert-OH is 1. The van der Waals surface area contributed by atoms with Crippen LogP contribution >= 0.6 is 27.3 Å². The van der Waals surface area contributed by atoms with Gasteiger partial charge in [-0.15, -0.1) is 0 Å². The Morgan fingerprint density at radius 1 is 1.06 bits per heavy atom. The highest BCUT2D eigenvalue weighted by Gasteiger charge is 2.48. The van der Waals surface area contributed by atoms with Crippen molar-refractivity contribution in [3.63, 3.8) is 0 Å². The fourth-order valence-electron chi connectivity index (χ4n) is 4.52. The van der Waals surface area contributed by atoms with E-state index in [-0.39, 0.29) is 11.3 Å². The Morgan fingerprint density at radius 2 is 1.83 bits per heavy atom. The van der Waals surface area contributed by atoms with E-state index in [0.29, 0.717) is 16.6 Å². The van der Waals surface area contributed by atoms with Crippen LogP contribution in [0.3, 0.4) is 0 Å². The second-order valence-corrected chi connectivity index (χ2v) is 11.3. The molecule has 1 saturated heterocycles. The topological polar surface area (TPSA) is 70.5 Å². The average Bonchev–Trinajstić information content (AvgIpc) is 3.38. The smallest absolute Gasteiger partial charge is 0.301 e. The Morgan fingerprint density at radius 3 is 2.53 bits per heavy atom. The molecule has 2 heterocycles. The summed E-state index contributed by atoms with van der Waals surface area (Å²) in [7, 11) is 0. The van der Waals surface area contributed by atoms with Crippen LogP contribution < -0.4 is 4.90 Å². The standard InChI is InChI=1S/C29H25BrN2O3S/c1-15(2)18-9-11-22-23(14-18)36-29(31-22)32-25(19-7-5-6-16(3)12-19)24(27(34)28(32)35)26(33)20-8-10-21(30)17(4)13-20/h5-15,25,33H,1-4H3/b26-24+. The van der Waals surface area contributed by atoms with Gasteiger partial charge in [0.1, 0.15) is 5.76 Å². The molecular weight excluding hydrogens is 536 g/mol. The van der Waals surface area contributed by atoms with Crippen molar-refractivity contribution in [1.82, 2.24) is 4.98 Å². The van der Waals surface area contributed by atoms with Crippen LogP contribution in [0.25, 0.3) is 16.0 Å². The number of benzene rings is 3. The Hall–Kier alpha value is -3.29. The van der Waals surface area contributed by atoms with Gasteiger partial charge in [0, 0.05) is 10.0 Å². The lowest BCUT2D eigenvalue weighted by Gasteiger charge is -2.23. The lowest BCUT2D eigenvalue weighted by molar-refractivity contribution is -0.132. The van der Waals surface area contributed by atoms with Crippen LogP contribution in [0.15, 0.2) is 70.7 Å². The van der Waals surface area contributed by atoms with Gasteiger partial charge in [0.25, 0.3) is 5.78 Å². The summed E-state index contributed by atoms with van der Waals surface area (Å²) in [6, 6.07) is 18.3. The number of carbonyl (C=O) groups is 2. The van der Waals surface area contributed by atoms with E-state index >= 15 is 0 Å². The normalized spacial score (nSPS) is 17.5. The van der Waals surface area contributed by atoms with Crippen LogP contribution in [-0.2, 0) is 9.59 Å². The van der Waals surface area contributed by atoms with Gasteiger partial charge in [-0.25, -0.2) is 4.98 Å². The van der Waals surface area contributed by atoms with Gasteiger partial charge in [0.2, 0.25) is 0 Å². The molecule has 0 saturated carbocycles. The summed E-state index contributed by atoms with van der Waals surface area (Å²) in [5, 5.41) is 11.8. The molecule has 36 heavy (non-hydrogen) atoms. The third kappa shape index (κ3) is 4.16. The van der Waals surface area contributed by atoms with Gasteiger partial charge in [-0.3, -0.25) is 14.5 Å². The average molecular weight is 562 g/mol. The Balaban J connectivity index is 1.72. The van der Waals surface area contributed by atoms with Crippen LogP contribution in [-0.4, -0.2) is 21.8 Å². The number of amides is 1. The second-order valence-electron chi connectivity index (χ2n) is 9.43. The minimum absolute atomic E-state index is 0.0643. The fraction of sp³-hybridized carbons (Fsp3) is 0.207. The summed E-state index contributed by atoms with van der Waals surface area (Å²) in [6.07, 6.45) is 0. The number of aryl methyl sites for hydroxylation is 2. The summed E-state index contributed by atoms with van der Waals surface area (Å²) in [5.74, 6) is -1.25. The Bertz CT molecular complexity index is 1570. The van der Waals surface area contributed by atoms with E-state index in [9.17, 15) is 14.7 Å². The SMILES string of the molecule is Cc1cccc(C2/C(=C(\O)c3ccc(Br)c(C)c3)C(=O)C(=O)N2c2nc3ccc(C(C)C)cc3s2)c1. The minimum atomic E-state index is -0.793. The molecule has 0 spiro atoms. The predicted octanol–water partition coefficient (Wildman–Crippen LogP) is 7.43. The van der Waals surface area contributed by atoms with E-state index in [2.05, 4.69) is 35.8 Å². The van der Waals surface area contributed by atoms with Gasteiger partial charge in [0.15, 0.2) is 5.13 Å². The highest BCUT2D eigenvalue weighted by molar-refractivity contribution is 9.10. The number of hydrogen-bond acceptors (Lipinski definition) is 5. The van der Waals surface area contributed by atoms with Crippen molar-refractivity contribution in [2.75, 3.05) is 4.90 Å². The number of anilines is 1. The molecule has 1 aliphatic heterocycles. The van der Waals surface area contributed by atoms with Crippen molar-refractivity contribution in [1.29, 1.82) is 0 Å². The number of aliphatic hydroxyl groups is 1. The number of hydrogen-bond donors (Lipinski definition) is 1. The van der Waals surface area contributed by atoms with Crippen molar-refractivity contribution in [3.8, 4) is 0 Å². The van der Waals surface area contributed by atoms with Crippen LogP contribution in [0.1, 0.15) is 53.6 Å². The zero-order valence-corrected chi connectivity index (χ0v) is 22.8. The zero-order chi connectivity index (χ0) is 25.7. The number of rotatable bonds is 4. The first-order valence-corrected chi connectivity index (χ1v) is 13.3. The van der Waals surface area contributed by atoms with E-state index in [1.165, 1.54) is 21.8 Å². The number of thiazole rings is 1. The molecule has 182 valence electrons. The molecule has 1 aliphatic rings. The molecule has 7 heteroatoms. The van der Waals surface area contributed by atoms with E-state index < -0.39 is 17.7 Å². The molecule has 0 aliphatic carbocycles. The molecule has 1 aromatic heterocycles. The van der Waals surface area contributed by atoms with E-state index in [1.54, 1.807) is 12.1 Å². The summed E-state index contributed by atoms with van der Waals surface area (Å²) in [4.78, 5) is 33.1. The minimum Gasteiger partial charge on any atom is -0.507 e. The molecular formula is C29H25BrN2O3S. The fourth-order valence-corrected chi connectivity index (χ4v) is 5.81. The van der Waals surface area contributed by atoms with Crippen LogP contribution in [0, 0.1) is 13.8 Å². The number of fused-ring (bicyclic) bond motifs is 1. The van der Waals surface area contributed by atoms with Gasteiger partial charge >= 0.3 is 5.91 Å². The molecule has 1 N–H and O–H groups in total. The van der Waals surface area contributed by atoms with Gasteiger partial charge in [-0.05, 0) is 60.7 Å². The number of ketones is 1. The first kappa shape index (κ1) is 24.4. The molecule has 1 fully saturated rings.